The summed E-state index contributed by atoms with van der Waals surface area (Å²) in [6.45, 7) is 3.52. The molecule has 0 spiro atoms. The normalized spacial score (nSPS) is 10.7. The van der Waals surface area contributed by atoms with Crippen molar-refractivity contribution in [1.29, 1.82) is 0 Å². The van der Waals surface area contributed by atoms with Gasteiger partial charge in [0.1, 0.15) is 5.82 Å². The highest BCUT2D eigenvalue weighted by atomic mass is 32.2. The molecule has 7 heteroatoms. The van der Waals surface area contributed by atoms with E-state index in [1.807, 2.05) is 12.1 Å². The smallest absolute Gasteiger partial charge is 0.255 e. The second-order valence-corrected chi connectivity index (χ2v) is 6.51. The zero-order valence-corrected chi connectivity index (χ0v) is 14.6. The molecule has 0 fully saturated rings. The lowest BCUT2D eigenvalue weighted by Gasteiger charge is -2.09. The summed E-state index contributed by atoms with van der Waals surface area (Å²) in [7, 11) is 0. The number of thioether (sulfide) groups is 1. The number of nitrogens with one attached hydrogen (secondary N) is 1. The van der Waals surface area contributed by atoms with Crippen molar-refractivity contribution in [2.24, 2.45) is 0 Å². The maximum atomic E-state index is 13.1. The van der Waals surface area contributed by atoms with Crippen LogP contribution in [0.5, 0.6) is 0 Å². The van der Waals surface area contributed by atoms with Gasteiger partial charge in [0.25, 0.3) is 5.91 Å². The van der Waals surface area contributed by atoms with Crippen LogP contribution in [0.15, 0.2) is 51.9 Å². The quantitative estimate of drug-likeness (QED) is 0.687. The third-order valence-electron chi connectivity index (χ3n) is 3.49. The van der Waals surface area contributed by atoms with Crippen LogP contribution in [-0.2, 0) is 5.75 Å². The van der Waals surface area contributed by atoms with Crippen molar-refractivity contribution in [3.63, 3.8) is 0 Å². The van der Waals surface area contributed by atoms with Gasteiger partial charge in [0.15, 0.2) is 5.82 Å². The highest BCUT2D eigenvalue weighted by Gasteiger charge is 2.09. The molecule has 1 N–H and O–H groups in total. The van der Waals surface area contributed by atoms with Crippen LogP contribution in [0, 0.1) is 19.7 Å². The Morgan fingerprint density at radius 1 is 1.20 bits per heavy atom. The predicted octanol–water partition coefficient (Wildman–Crippen LogP) is 4.37. The van der Waals surface area contributed by atoms with Gasteiger partial charge in [0.2, 0.25) is 5.89 Å². The molecule has 1 heterocycles. The van der Waals surface area contributed by atoms with E-state index in [9.17, 15) is 9.18 Å². The summed E-state index contributed by atoms with van der Waals surface area (Å²) < 4.78 is 18.2. The first kappa shape index (κ1) is 17.2. The molecule has 1 aromatic heterocycles. The molecule has 0 aliphatic rings. The first-order chi connectivity index (χ1) is 12.0. The third kappa shape index (κ3) is 4.45. The molecular formula is C18H16FN3O2S. The van der Waals surface area contributed by atoms with Crippen molar-refractivity contribution in [1.82, 2.24) is 10.1 Å². The van der Waals surface area contributed by atoms with Gasteiger partial charge >= 0.3 is 0 Å². The predicted molar refractivity (Wildman–Crippen MR) is 94.1 cm³/mol. The number of benzene rings is 2. The molecule has 0 radical (unpaired) electrons. The van der Waals surface area contributed by atoms with Crippen molar-refractivity contribution in [3.8, 4) is 0 Å². The van der Waals surface area contributed by atoms with E-state index in [2.05, 4.69) is 15.5 Å². The van der Waals surface area contributed by atoms with E-state index in [1.165, 1.54) is 12.1 Å². The Morgan fingerprint density at radius 2 is 1.96 bits per heavy atom. The summed E-state index contributed by atoms with van der Waals surface area (Å²) in [5.41, 5.74) is 1.80. The Labute approximate surface area is 148 Å². The minimum Gasteiger partial charge on any atom is -0.338 e. The minimum atomic E-state index is -0.326. The highest BCUT2D eigenvalue weighted by Crippen LogP contribution is 2.23. The van der Waals surface area contributed by atoms with Crippen LogP contribution in [0.4, 0.5) is 10.1 Å². The van der Waals surface area contributed by atoms with Crippen LogP contribution in [0.25, 0.3) is 0 Å². The van der Waals surface area contributed by atoms with Crippen LogP contribution < -0.4 is 5.32 Å². The van der Waals surface area contributed by atoms with E-state index in [1.54, 1.807) is 43.8 Å². The van der Waals surface area contributed by atoms with Gasteiger partial charge in [0.05, 0.1) is 5.75 Å². The molecule has 0 aliphatic heterocycles. The van der Waals surface area contributed by atoms with E-state index >= 15 is 0 Å². The maximum absolute atomic E-state index is 13.1. The summed E-state index contributed by atoms with van der Waals surface area (Å²) in [4.78, 5) is 17.4. The Kier molecular flexibility index (Phi) is 5.14. The molecule has 0 saturated carbocycles. The van der Waals surface area contributed by atoms with Crippen LogP contribution in [-0.4, -0.2) is 16.0 Å². The average Bonchev–Trinajstić information content (AvgIpc) is 3.01. The van der Waals surface area contributed by atoms with E-state index < -0.39 is 0 Å². The van der Waals surface area contributed by atoms with Crippen molar-refractivity contribution < 1.29 is 13.7 Å². The number of halogens is 1. The zero-order valence-electron chi connectivity index (χ0n) is 13.7. The van der Waals surface area contributed by atoms with Crippen molar-refractivity contribution in [2.75, 3.05) is 5.32 Å². The molecule has 3 aromatic rings. The van der Waals surface area contributed by atoms with Gasteiger partial charge in [-0.2, -0.15) is 4.98 Å². The SMILES string of the molecule is Cc1noc(CSc2ccc(C(=O)Nc3ccc(F)cc3C)cc2)n1. The van der Waals surface area contributed by atoms with Gasteiger partial charge in [0, 0.05) is 16.1 Å². The third-order valence-corrected chi connectivity index (χ3v) is 4.48. The number of aromatic nitrogens is 2. The lowest BCUT2D eigenvalue weighted by Crippen LogP contribution is -2.12. The highest BCUT2D eigenvalue weighted by molar-refractivity contribution is 7.98. The van der Waals surface area contributed by atoms with Gasteiger partial charge in [-0.05, 0) is 61.9 Å². The minimum absolute atomic E-state index is 0.237. The van der Waals surface area contributed by atoms with Crippen molar-refractivity contribution in [3.05, 3.63) is 71.1 Å². The van der Waals surface area contributed by atoms with E-state index in [0.717, 1.165) is 4.90 Å². The van der Waals surface area contributed by atoms with Gasteiger partial charge in [-0.1, -0.05) is 5.16 Å². The molecule has 1 amide bonds. The molecule has 25 heavy (non-hydrogen) atoms. The fraction of sp³-hybridized carbons (Fsp3) is 0.167. The number of anilines is 1. The number of hydrogen-bond acceptors (Lipinski definition) is 5. The molecule has 0 bridgehead atoms. The molecule has 0 atom stereocenters. The number of aryl methyl sites for hydroxylation is 2. The standard InChI is InChI=1S/C18H16FN3O2S/c1-11-9-14(19)5-8-16(11)21-18(23)13-3-6-15(7-4-13)25-10-17-20-12(2)22-24-17/h3-9H,10H2,1-2H3,(H,21,23). The Hall–Kier alpha value is -2.67. The molecular weight excluding hydrogens is 341 g/mol. The Balaban J connectivity index is 1.62. The summed E-state index contributed by atoms with van der Waals surface area (Å²) in [5.74, 6) is 1.18. The number of carbonyl (C=O) groups is 1. The Bertz CT molecular complexity index is 894. The number of carbonyl (C=O) groups excluding carboxylic acids is 1. The topological polar surface area (TPSA) is 68.0 Å². The lowest BCUT2D eigenvalue weighted by atomic mass is 10.1. The largest absolute Gasteiger partial charge is 0.338 e. The molecule has 3 rings (SSSR count). The molecule has 0 aliphatic carbocycles. The number of rotatable bonds is 5. The van der Waals surface area contributed by atoms with Crippen molar-refractivity contribution >= 4 is 23.4 Å². The first-order valence-electron chi connectivity index (χ1n) is 7.61. The van der Waals surface area contributed by atoms with Gasteiger partial charge in [-0.25, -0.2) is 4.39 Å². The zero-order chi connectivity index (χ0) is 17.8. The summed E-state index contributed by atoms with van der Waals surface area (Å²) in [5, 5.41) is 6.53. The fourth-order valence-electron chi connectivity index (χ4n) is 2.21. The van der Waals surface area contributed by atoms with E-state index in [4.69, 9.17) is 4.52 Å². The molecule has 0 saturated heterocycles. The van der Waals surface area contributed by atoms with Gasteiger partial charge in [-0.3, -0.25) is 4.79 Å². The van der Waals surface area contributed by atoms with Gasteiger partial charge < -0.3 is 9.84 Å². The fourth-order valence-corrected chi connectivity index (χ4v) is 2.94. The van der Waals surface area contributed by atoms with Crippen LogP contribution in [0.1, 0.15) is 27.6 Å². The average molecular weight is 357 g/mol. The second kappa shape index (κ2) is 7.48. The number of amides is 1. The summed E-state index contributed by atoms with van der Waals surface area (Å²) in [6.07, 6.45) is 0. The van der Waals surface area contributed by atoms with Crippen molar-refractivity contribution in [2.45, 2.75) is 24.5 Å². The van der Waals surface area contributed by atoms with E-state index in [-0.39, 0.29) is 11.7 Å². The molecule has 2 aromatic carbocycles. The first-order valence-corrected chi connectivity index (χ1v) is 8.59. The van der Waals surface area contributed by atoms with Crippen LogP contribution in [0.3, 0.4) is 0 Å². The lowest BCUT2D eigenvalue weighted by molar-refractivity contribution is 0.102. The summed E-state index contributed by atoms with van der Waals surface area (Å²) in [6, 6.07) is 11.5. The molecule has 128 valence electrons. The second-order valence-electron chi connectivity index (χ2n) is 5.46. The number of hydrogen-bond donors (Lipinski definition) is 1. The molecule has 5 nitrogen and oxygen atoms in total. The summed E-state index contributed by atoms with van der Waals surface area (Å²) >= 11 is 1.55. The maximum Gasteiger partial charge on any atom is 0.255 e. The number of nitrogens with zero attached hydrogens (tertiary/aromatic N) is 2. The van der Waals surface area contributed by atoms with E-state index in [0.29, 0.717) is 34.3 Å². The van der Waals surface area contributed by atoms with Gasteiger partial charge in [-0.15, -0.1) is 11.8 Å². The monoisotopic (exact) mass is 357 g/mol. The van der Waals surface area contributed by atoms with Crippen LogP contribution >= 0.6 is 11.8 Å². The Morgan fingerprint density at radius 3 is 2.60 bits per heavy atom. The molecule has 0 unspecified atom stereocenters. The van der Waals surface area contributed by atoms with Crippen LogP contribution in [0.2, 0.25) is 0 Å².